The van der Waals surface area contributed by atoms with E-state index in [0.29, 0.717) is 0 Å². The zero-order valence-electron chi connectivity index (χ0n) is 56.2. The highest BCUT2D eigenvalue weighted by Crippen LogP contribution is 2.39. The van der Waals surface area contributed by atoms with Crippen LogP contribution in [0.4, 0.5) is 0 Å². The molecule has 105 heavy (non-hydrogen) atoms. The van der Waals surface area contributed by atoms with E-state index in [-0.39, 0.29) is 0 Å². The lowest BCUT2D eigenvalue weighted by molar-refractivity contribution is -0.396. The van der Waals surface area contributed by atoms with Crippen molar-refractivity contribution in [3.05, 3.63) is 0 Å². The van der Waals surface area contributed by atoms with E-state index in [1.807, 2.05) is 0 Å². The van der Waals surface area contributed by atoms with Crippen LogP contribution < -0.4 is 10.6 Å². The third-order valence-corrected chi connectivity index (χ3v) is 19.2. The molecule has 612 valence electrons. The van der Waals surface area contributed by atoms with Gasteiger partial charge in [-0.15, -0.1) is 0 Å². The SMILES string of the molecule is CC(=O)N[C@H]1[C@H](OC[C@@H](O)[C@H](O)[C@H](O[C@@H]2O[C@H](CO)[C@H](O[C@H]3O[C@H](CO)[C@H](O)[C@H](O[C@H]4O[C@H](CO)[C@H](O)[C@H](O)[C@H]4O[C@@H]4O[C@@H](C)[C@@H](O)[C@@H](O)[C@@H]4O)[C@H]3O)[C@H](O)[C@H]2O)[C@H](CO)NC(C)=O)O[C@H](CO)[C@@H](O[C@@H]2O[C@H](CO)[C@H](O[C@H]3O[C@H](CO)[C@H](O)[C@H](O[C@H]4O[C@H](CO)[C@H](O)[C@H](O)[C@H]4O)[C@H]3O)[C@H](O)[C@H]2O)[C@@H]1O. The first-order valence-corrected chi connectivity index (χ1v) is 33.4. The van der Waals surface area contributed by atoms with Crippen LogP contribution in [0.2, 0.25) is 0 Å². The van der Waals surface area contributed by atoms with Gasteiger partial charge in [-0.3, -0.25) is 9.59 Å². The minimum atomic E-state index is -2.42. The van der Waals surface area contributed by atoms with Gasteiger partial charge in [0, 0.05) is 13.8 Å². The van der Waals surface area contributed by atoms with Crippen LogP contribution in [0.15, 0.2) is 0 Å². The molecule has 0 bridgehead atoms. The molecule has 0 aromatic rings. The van der Waals surface area contributed by atoms with Crippen LogP contribution in [0.25, 0.3) is 0 Å². The van der Waals surface area contributed by atoms with Crippen molar-refractivity contribution in [1.82, 2.24) is 10.6 Å². The fraction of sp³-hybridized carbons (Fsp3) is 0.966. The monoisotopic (exact) mass is 1540 g/mol. The third kappa shape index (κ3) is 19.5. The van der Waals surface area contributed by atoms with Crippen LogP contribution in [-0.4, -0.2) is 479 Å². The molecule has 0 radical (unpaired) electrons. The van der Waals surface area contributed by atoms with Crippen molar-refractivity contribution in [3.8, 4) is 0 Å². The zero-order chi connectivity index (χ0) is 77.6. The zero-order valence-corrected chi connectivity index (χ0v) is 56.2. The smallest absolute Gasteiger partial charge is 0.217 e. The van der Waals surface area contributed by atoms with Gasteiger partial charge < -0.3 is 224 Å². The number of amides is 2. The Morgan fingerprint density at radius 1 is 0.343 bits per heavy atom. The number of carbonyl (C=O) groups is 2. The van der Waals surface area contributed by atoms with Crippen molar-refractivity contribution in [2.45, 2.75) is 291 Å². The maximum Gasteiger partial charge on any atom is 0.217 e. The predicted octanol–water partition coefficient (Wildman–Crippen LogP) is -19.7. The summed E-state index contributed by atoms with van der Waals surface area (Å²) in [6, 6.07) is -3.61. The number of aliphatic hydroxyl groups excluding tert-OH is 27. The number of ether oxygens (including phenoxy) is 16. The fourth-order valence-corrected chi connectivity index (χ4v) is 13.2. The molecule has 0 aliphatic carbocycles. The van der Waals surface area contributed by atoms with E-state index in [9.17, 15) is 147 Å². The topological polar surface area (TPSA) is 752 Å². The summed E-state index contributed by atoms with van der Waals surface area (Å²) in [6.45, 7) is -6.47. The summed E-state index contributed by atoms with van der Waals surface area (Å²) in [5, 5.41) is 298. The largest absolute Gasteiger partial charge is 0.394 e. The average Bonchev–Trinajstić information content (AvgIpc) is 0.778. The summed E-state index contributed by atoms with van der Waals surface area (Å²) in [6.07, 6.45) is -84.1. The third-order valence-electron chi connectivity index (χ3n) is 19.2. The minimum Gasteiger partial charge on any atom is -0.394 e. The first kappa shape index (κ1) is 87.8. The van der Waals surface area contributed by atoms with Gasteiger partial charge in [-0.25, -0.2) is 0 Å². The molecule has 47 nitrogen and oxygen atoms in total. The van der Waals surface area contributed by atoms with Crippen LogP contribution >= 0.6 is 0 Å². The van der Waals surface area contributed by atoms with Gasteiger partial charge >= 0.3 is 0 Å². The van der Waals surface area contributed by atoms with Gasteiger partial charge in [0.25, 0.3) is 0 Å². The van der Waals surface area contributed by atoms with Gasteiger partial charge in [-0.05, 0) is 6.92 Å². The molecule has 0 spiro atoms. The van der Waals surface area contributed by atoms with Gasteiger partial charge in [0.1, 0.15) is 207 Å². The summed E-state index contributed by atoms with van der Waals surface area (Å²) in [4.78, 5) is 25.2. The second-order valence-electron chi connectivity index (χ2n) is 26.4. The Morgan fingerprint density at radius 2 is 0.676 bits per heavy atom. The van der Waals surface area contributed by atoms with Crippen molar-refractivity contribution in [1.29, 1.82) is 0 Å². The van der Waals surface area contributed by atoms with Crippen LogP contribution in [0.1, 0.15) is 20.8 Å². The van der Waals surface area contributed by atoms with Crippen molar-refractivity contribution in [2.24, 2.45) is 0 Å². The molecule has 29 N–H and O–H groups in total. The number of carbonyl (C=O) groups excluding carboxylic acids is 2. The molecule has 8 fully saturated rings. The van der Waals surface area contributed by atoms with E-state index in [1.165, 1.54) is 6.92 Å². The molecular weight excluding hydrogens is 1440 g/mol. The molecule has 8 aliphatic rings. The normalized spacial score (nSPS) is 48.4. The Hall–Kier alpha value is -2.78. The lowest BCUT2D eigenvalue weighted by atomic mass is 9.95. The summed E-state index contributed by atoms with van der Waals surface area (Å²) in [5.74, 6) is -1.81. The molecule has 0 saturated carbocycles. The Bertz CT molecular complexity index is 2640. The van der Waals surface area contributed by atoms with Gasteiger partial charge in [0.05, 0.1) is 71.6 Å². The van der Waals surface area contributed by atoms with Gasteiger partial charge in [0.15, 0.2) is 50.3 Å². The summed E-state index contributed by atoms with van der Waals surface area (Å²) < 4.78 is 91.0. The van der Waals surface area contributed by atoms with Crippen LogP contribution in [0.3, 0.4) is 0 Å². The molecule has 2 amide bonds. The Labute approximate surface area is 594 Å². The highest BCUT2D eigenvalue weighted by Gasteiger charge is 2.60. The molecule has 8 saturated heterocycles. The van der Waals surface area contributed by atoms with E-state index < -0.39 is 341 Å². The standard InChI is InChI=1S/C58H100N2O45/c1-13-26(72)33(79)38(84)52(91-13)105-50-35(81)29(75)19(6-63)95-58(50)104-49-31(77)21(8-65)94-57(43(49)89)102-46-23(10-67)97-54(40(86)36(46)82)99-44(16(4-61)59-14(2)69)27(73)17(71)12-90-51-25(60-15(3)70)32(78)45(22(9-66)96-51)100-55-41(87)37(83)47(24(11-68)98-55)101-56-42(88)48(30(76)20(7-64)93-56)103-53-39(85)34(80)28(74)18(5-62)92-53/h13,16-58,61-68,71-89H,4-12H2,1-3H3,(H,59,69)(H,60,70)/t13-,16-,17+,18+,19+,20+,21+,22+,23+,24+,25+,26+,27-,28-,29-,30-,31-,32+,33+,34-,35-,36+,37+,38-,39+,40+,41+,42+,43+,44+,45+,46-,47-,48-,49-,50+,51+,52-,53+,54-,55-,56+,57+,58+/m0/s1. The number of hydrogen-bond acceptors (Lipinski definition) is 45. The fourth-order valence-electron chi connectivity index (χ4n) is 13.2. The molecule has 8 heterocycles. The van der Waals surface area contributed by atoms with Crippen LogP contribution in [0, 0.1) is 0 Å². The lowest BCUT2D eigenvalue weighted by Gasteiger charge is -2.49. The average molecular weight is 1550 g/mol. The van der Waals surface area contributed by atoms with Crippen molar-refractivity contribution in [3.63, 3.8) is 0 Å². The number of hydrogen-bond donors (Lipinski definition) is 29. The van der Waals surface area contributed by atoms with E-state index in [2.05, 4.69) is 10.6 Å². The van der Waals surface area contributed by atoms with E-state index in [1.54, 1.807) is 0 Å². The molecule has 47 heteroatoms. The van der Waals surface area contributed by atoms with Crippen molar-refractivity contribution in [2.75, 3.05) is 59.5 Å². The number of nitrogens with one attached hydrogen (secondary N) is 2. The molecular formula is C58H100N2O45. The van der Waals surface area contributed by atoms with E-state index in [0.717, 1.165) is 13.8 Å². The van der Waals surface area contributed by atoms with Crippen molar-refractivity contribution < 1.29 is 223 Å². The first-order valence-electron chi connectivity index (χ1n) is 33.4. The van der Waals surface area contributed by atoms with Crippen molar-refractivity contribution >= 4 is 11.8 Å². The molecule has 8 aliphatic heterocycles. The predicted molar refractivity (Wildman–Crippen MR) is 321 cm³/mol. The maximum absolute atomic E-state index is 12.7. The summed E-state index contributed by atoms with van der Waals surface area (Å²) >= 11 is 0. The first-order chi connectivity index (χ1) is 49.6. The summed E-state index contributed by atoms with van der Waals surface area (Å²) in [5.41, 5.74) is 0. The minimum absolute atomic E-state index is 0.899. The summed E-state index contributed by atoms with van der Waals surface area (Å²) in [7, 11) is 0. The van der Waals surface area contributed by atoms with E-state index in [4.69, 9.17) is 75.8 Å². The van der Waals surface area contributed by atoms with Crippen LogP contribution in [-0.2, 0) is 85.4 Å². The lowest BCUT2D eigenvalue weighted by Crippen LogP contribution is -2.69. The van der Waals surface area contributed by atoms with Gasteiger partial charge in [-0.1, -0.05) is 0 Å². The highest BCUT2D eigenvalue weighted by atomic mass is 16.8. The van der Waals surface area contributed by atoms with E-state index >= 15 is 0 Å². The molecule has 0 aromatic carbocycles. The molecule has 0 unspecified atom stereocenters. The van der Waals surface area contributed by atoms with Gasteiger partial charge in [0.2, 0.25) is 11.8 Å². The Balaban J connectivity index is 0.922. The molecule has 0 aromatic heterocycles. The Morgan fingerprint density at radius 3 is 1.12 bits per heavy atom. The second-order valence-corrected chi connectivity index (χ2v) is 26.4. The Kier molecular flexibility index (Phi) is 32.3. The molecule has 44 atom stereocenters. The highest BCUT2D eigenvalue weighted by molar-refractivity contribution is 5.73. The maximum atomic E-state index is 12.7. The quantitative estimate of drug-likeness (QED) is 0.0318. The molecule has 8 rings (SSSR count). The van der Waals surface area contributed by atoms with Gasteiger partial charge in [-0.2, -0.15) is 0 Å². The second kappa shape index (κ2) is 38.6. The van der Waals surface area contributed by atoms with Crippen LogP contribution in [0.5, 0.6) is 0 Å². The number of aliphatic hydroxyl groups is 27. The number of rotatable bonds is 30.